The molecule has 2 N–H and O–H groups in total. The van der Waals surface area contributed by atoms with E-state index in [2.05, 4.69) is 26.5 Å². The Morgan fingerprint density at radius 3 is 2.81 bits per heavy atom. The van der Waals surface area contributed by atoms with Crippen LogP contribution in [-0.4, -0.2) is 17.3 Å². The highest BCUT2D eigenvalue weighted by molar-refractivity contribution is 9.10. The van der Waals surface area contributed by atoms with E-state index in [-0.39, 0.29) is 11.1 Å². The lowest BCUT2D eigenvalue weighted by Gasteiger charge is -2.04. The van der Waals surface area contributed by atoms with E-state index in [4.69, 9.17) is 16.7 Å². The number of rotatable bonds is 4. The van der Waals surface area contributed by atoms with E-state index in [1.54, 1.807) is 12.1 Å². The summed E-state index contributed by atoms with van der Waals surface area (Å²) >= 11 is 9.16. The van der Waals surface area contributed by atoms with E-state index in [1.165, 1.54) is 30.5 Å². The quantitative estimate of drug-likeness (QED) is 0.619. The van der Waals surface area contributed by atoms with E-state index in [1.807, 2.05) is 0 Å². The van der Waals surface area contributed by atoms with Crippen molar-refractivity contribution in [2.24, 2.45) is 5.10 Å². The smallest absolute Gasteiger partial charge is 0.335 e. The van der Waals surface area contributed by atoms with Gasteiger partial charge in [0.15, 0.2) is 0 Å². The summed E-state index contributed by atoms with van der Waals surface area (Å²) in [6, 6.07) is 8.63. The second kappa shape index (κ2) is 6.69. The van der Waals surface area contributed by atoms with Gasteiger partial charge < -0.3 is 5.11 Å². The maximum atomic E-state index is 13.5. The molecule has 0 unspecified atom stereocenters. The van der Waals surface area contributed by atoms with E-state index in [9.17, 15) is 9.18 Å². The molecule has 0 bridgehead atoms. The first-order valence-electron chi connectivity index (χ1n) is 5.74. The summed E-state index contributed by atoms with van der Waals surface area (Å²) in [6.45, 7) is 0. The molecule has 21 heavy (non-hydrogen) atoms. The van der Waals surface area contributed by atoms with Crippen molar-refractivity contribution in [2.75, 3.05) is 5.43 Å². The number of carboxylic acid groups (broad SMARTS) is 1. The van der Waals surface area contributed by atoms with Crippen molar-refractivity contribution in [3.05, 3.63) is 62.8 Å². The van der Waals surface area contributed by atoms with Crippen LogP contribution in [0.25, 0.3) is 0 Å². The number of hydrazone groups is 1. The number of carbonyl (C=O) groups is 1. The van der Waals surface area contributed by atoms with Gasteiger partial charge in [-0.25, -0.2) is 9.18 Å². The SMILES string of the molecule is O=C(O)c1ccc(Cl)c(N/N=C\c2cc(Br)ccc2F)c1. The highest BCUT2D eigenvalue weighted by Gasteiger charge is 2.06. The fraction of sp³-hybridized carbons (Fsp3) is 0. The van der Waals surface area contributed by atoms with Gasteiger partial charge in [0.05, 0.1) is 22.5 Å². The van der Waals surface area contributed by atoms with Crippen LogP contribution >= 0.6 is 27.5 Å². The molecule has 2 rings (SSSR count). The molecule has 0 saturated heterocycles. The number of carboxylic acids is 1. The highest BCUT2D eigenvalue weighted by atomic mass is 79.9. The summed E-state index contributed by atoms with van der Waals surface area (Å²) in [6.07, 6.45) is 1.28. The zero-order chi connectivity index (χ0) is 15.4. The Hall–Kier alpha value is -1.92. The van der Waals surface area contributed by atoms with Crippen LogP contribution in [0.15, 0.2) is 46.0 Å². The summed E-state index contributed by atoms with van der Waals surface area (Å²) in [5, 5.41) is 13.1. The molecule has 0 spiro atoms. The normalized spacial score (nSPS) is 10.8. The van der Waals surface area contributed by atoms with Crippen molar-refractivity contribution in [3.8, 4) is 0 Å². The van der Waals surface area contributed by atoms with Gasteiger partial charge in [0, 0.05) is 10.0 Å². The molecule has 0 amide bonds. The molecule has 0 aliphatic rings. The van der Waals surface area contributed by atoms with Crippen LogP contribution in [0.4, 0.5) is 10.1 Å². The number of halogens is 3. The lowest BCUT2D eigenvalue weighted by Crippen LogP contribution is -1.99. The number of hydrogen-bond donors (Lipinski definition) is 2. The Morgan fingerprint density at radius 1 is 1.33 bits per heavy atom. The molecule has 0 fully saturated rings. The molecule has 0 aliphatic carbocycles. The molecule has 2 aromatic rings. The van der Waals surface area contributed by atoms with E-state index < -0.39 is 11.8 Å². The fourth-order valence-corrected chi connectivity index (χ4v) is 2.07. The first kappa shape index (κ1) is 15.5. The number of benzene rings is 2. The monoisotopic (exact) mass is 370 g/mol. The molecule has 108 valence electrons. The molecule has 0 aromatic heterocycles. The van der Waals surface area contributed by atoms with Gasteiger partial charge >= 0.3 is 5.97 Å². The Balaban J connectivity index is 2.19. The Kier molecular flexibility index (Phi) is 4.93. The maximum Gasteiger partial charge on any atom is 0.335 e. The summed E-state index contributed by atoms with van der Waals surface area (Å²) in [5.74, 6) is -1.49. The number of hydrogen-bond acceptors (Lipinski definition) is 3. The molecule has 4 nitrogen and oxygen atoms in total. The summed E-state index contributed by atoms with van der Waals surface area (Å²) in [7, 11) is 0. The van der Waals surface area contributed by atoms with Gasteiger partial charge in [0.1, 0.15) is 5.82 Å². The van der Waals surface area contributed by atoms with Crippen LogP contribution in [0.1, 0.15) is 15.9 Å². The van der Waals surface area contributed by atoms with E-state index in [0.717, 1.165) is 4.47 Å². The second-order valence-corrected chi connectivity index (χ2v) is 5.36. The van der Waals surface area contributed by atoms with Crippen molar-refractivity contribution in [2.45, 2.75) is 0 Å². The van der Waals surface area contributed by atoms with Gasteiger partial charge in [0.25, 0.3) is 0 Å². The van der Waals surface area contributed by atoms with Crippen molar-refractivity contribution in [3.63, 3.8) is 0 Å². The first-order chi connectivity index (χ1) is 9.97. The van der Waals surface area contributed by atoms with Crippen LogP contribution in [0.5, 0.6) is 0 Å². The molecule has 2 aromatic carbocycles. The molecule has 0 saturated carbocycles. The third kappa shape index (κ3) is 4.03. The second-order valence-electron chi connectivity index (χ2n) is 4.04. The molecule has 7 heteroatoms. The van der Waals surface area contributed by atoms with Crippen LogP contribution in [0.2, 0.25) is 5.02 Å². The molecular formula is C14H9BrClFN2O2. The van der Waals surface area contributed by atoms with E-state index >= 15 is 0 Å². The minimum atomic E-state index is -1.07. The largest absolute Gasteiger partial charge is 0.478 e. The molecular weight excluding hydrogens is 363 g/mol. The Morgan fingerprint density at radius 2 is 2.10 bits per heavy atom. The predicted octanol–water partition coefficient (Wildman–Crippen LogP) is 4.39. The lowest BCUT2D eigenvalue weighted by atomic mass is 10.2. The van der Waals surface area contributed by atoms with Gasteiger partial charge in [-0.15, -0.1) is 0 Å². The number of aromatic carboxylic acids is 1. The van der Waals surface area contributed by atoms with Gasteiger partial charge in [-0.1, -0.05) is 27.5 Å². The van der Waals surface area contributed by atoms with Crippen molar-refractivity contribution >= 4 is 45.4 Å². The van der Waals surface area contributed by atoms with Gasteiger partial charge in [-0.3, -0.25) is 5.43 Å². The molecule has 0 heterocycles. The number of anilines is 1. The minimum absolute atomic E-state index is 0.0748. The zero-order valence-corrected chi connectivity index (χ0v) is 12.8. The van der Waals surface area contributed by atoms with Crippen LogP contribution in [-0.2, 0) is 0 Å². The van der Waals surface area contributed by atoms with Crippen LogP contribution < -0.4 is 5.43 Å². The standard InChI is InChI=1S/C14H9BrClFN2O2/c15-10-2-4-12(17)9(5-10)7-18-19-13-6-8(14(20)21)1-3-11(13)16/h1-7,19H,(H,20,21)/b18-7-. The molecule has 0 radical (unpaired) electrons. The zero-order valence-electron chi connectivity index (χ0n) is 10.5. The number of nitrogens with one attached hydrogen (secondary N) is 1. The van der Waals surface area contributed by atoms with Crippen molar-refractivity contribution in [1.29, 1.82) is 0 Å². The van der Waals surface area contributed by atoms with Crippen LogP contribution in [0, 0.1) is 5.82 Å². The van der Waals surface area contributed by atoms with E-state index in [0.29, 0.717) is 10.7 Å². The van der Waals surface area contributed by atoms with Gasteiger partial charge in [-0.2, -0.15) is 5.10 Å². The summed E-state index contributed by atoms with van der Waals surface area (Å²) in [4.78, 5) is 10.9. The maximum absolute atomic E-state index is 13.5. The molecule has 0 aliphatic heterocycles. The summed E-state index contributed by atoms with van der Waals surface area (Å²) in [5.41, 5.74) is 3.27. The van der Waals surface area contributed by atoms with Gasteiger partial charge in [0.2, 0.25) is 0 Å². The lowest BCUT2D eigenvalue weighted by molar-refractivity contribution is 0.0697. The fourth-order valence-electron chi connectivity index (χ4n) is 1.53. The third-order valence-electron chi connectivity index (χ3n) is 2.56. The Labute approximate surface area is 133 Å². The van der Waals surface area contributed by atoms with Crippen LogP contribution in [0.3, 0.4) is 0 Å². The third-order valence-corrected chi connectivity index (χ3v) is 3.38. The average molecular weight is 372 g/mol. The Bertz CT molecular complexity index is 722. The predicted molar refractivity (Wildman–Crippen MR) is 83.7 cm³/mol. The molecule has 0 atom stereocenters. The highest BCUT2D eigenvalue weighted by Crippen LogP contribution is 2.23. The topological polar surface area (TPSA) is 61.7 Å². The first-order valence-corrected chi connectivity index (χ1v) is 6.91. The minimum Gasteiger partial charge on any atom is -0.478 e. The van der Waals surface area contributed by atoms with Gasteiger partial charge in [-0.05, 0) is 36.4 Å². The number of nitrogens with zero attached hydrogens (tertiary/aromatic N) is 1. The van der Waals surface area contributed by atoms with Crippen molar-refractivity contribution in [1.82, 2.24) is 0 Å². The van der Waals surface area contributed by atoms with Crippen molar-refractivity contribution < 1.29 is 14.3 Å². The summed E-state index contributed by atoms with van der Waals surface area (Å²) < 4.78 is 14.2. The average Bonchev–Trinajstić information content (AvgIpc) is 2.44.